The Kier molecular flexibility index (Phi) is 8.28. The lowest BCUT2D eigenvalue weighted by Crippen LogP contribution is -2.39. The molecule has 1 aliphatic heterocycles. The average molecular weight is 349 g/mol. The van der Waals surface area contributed by atoms with Crippen LogP contribution in [0.2, 0.25) is 0 Å². The molecule has 1 fully saturated rings. The summed E-state index contributed by atoms with van der Waals surface area (Å²) >= 11 is 0. The number of aliphatic imine (C=N–C) groups is 1. The van der Waals surface area contributed by atoms with E-state index in [0.717, 1.165) is 38.6 Å². The molecule has 0 saturated carbocycles. The number of likely N-dealkylation sites (N-methyl/N-ethyl adjacent to an activating group) is 1. The van der Waals surface area contributed by atoms with Crippen LogP contribution >= 0.6 is 0 Å². The predicted octanol–water partition coefficient (Wildman–Crippen LogP) is 1.45. The molecule has 6 nitrogen and oxygen atoms in total. The number of nitrogens with zero attached hydrogens (tertiary/aromatic N) is 5. The third-order valence-corrected chi connectivity index (χ3v) is 4.85. The number of rotatable bonds is 7. The zero-order chi connectivity index (χ0) is 18.1. The van der Waals surface area contributed by atoms with Gasteiger partial charge >= 0.3 is 0 Å². The molecule has 0 unspecified atom stereocenters. The van der Waals surface area contributed by atoms with Crippen LogP contribution in [0.25, 0.3) is 0 Å². The van der Waals surface area contributed by atoms with E-state index in [4.69, 9.17) is 4.99 Å². The van der Waals surface area contributed by atoms with Crippen molar-refractivity contribution >= 4 is 5.96 Å². The maximum absolute atomic E-state index is 4.83. The SMILES string of the molecule is CCNC(=NCCCN1CCCN(C)CC1)N(C)Cc1cccn1C. The van der Waals surface area contributed by atoms with Crippen molar-refractivity contribution in [2.45, 2.75) is 26.3 Å². The molecule has 0 spiro atoms. The third-order valence-electron chi connectivity index (χ3n) is 4.85. The zero-order valence-electron chi connectivity index (χ0n) is 16.5. The molecule has 2 heterocycles. The topological polar surface area (TPSA) is 39.0 Å². The molecule has 2 rings (SSSR count). The fourth-order valence-electron chi connectivity index (χ4n) is 3.25. The highest BCUT2D eigenvalue weighted by atomic mass is 15.3. The van der Waals surface area contributed by atoms with Gasteiger partial charge in [0.15, 0.2) is 5.96 Å². The van der Waals surface area contributed by atoms with E-state index >= 15 is 0 Å². The van der Waals surface area contributed by atoms with Crippen molar-refractivity contribution in [3.8, 4) is 0 Å². The average Bonchev–Trinajstić information content (AvgIpc) is 2.87. The maximum atomic E-state index is 4.83. The van der Waals surface area contributed by atoms with Gasteiger partial charge in [-0.25, -0.2) is 0 Å². The molecular formula is C19H36N6. The highest BCUT2D eigenvalue weighted by Crippen LogP contribution is 2.05. The Hall–Kier alpha value is -1.53. The van der Waals surface area contributed by atoms with Gasteiger partial charge in [-0.05, 0) is 58.6 Å². The van der Waals surface area contributed by atoms with Crippen molar-refractivity contribution in [1.29, 1.82) is 0 Å². The minimum Gasteiger partial charge on any atom is -0.357 e. The van der Waals surface area contributed by atoms with Crippen LogP contribution in [0.5, 0.6) is 0 Å². The molecule has 0 atom stereocenters. The van der Waals surface area contributed by atoms with Crippen LogP contribution in [0.15, 0.2) is 23.3 Å². The predicted molar refractivity (Wildman–Crippen MR) is 106 cm³/mol. The van der Waals surface area contributed by atoms with Gasteiger partial charge < -0.3 is 24.6 Å². The Labute approximate surface area is 153 Å². The van der Waals surface area contributed by atoms with Crippen LogP contribution in [0, 0.1) is 0 Å². The lowest BCUT2D eigenvalue weighted by Gasteiger charge is -2.23. The van der Waals surface area contributed by atoms with E-state index in [9.17, 15) is 0 Å². The molecular weight excluding hydrogens is 312 g/mol. The summed E-state index contributed by atoms with van der Waals surface area (Å²) in [6.45, 7) is 10.7. The zero-order valence-corrected chi connectivity index (χ0v) is 16.5. The van der Waals surface area contributed by atoms with Crippen LogP contribution < -0.4 is 5.32 Å². The molecule has 0 aliphatic carbocycles. The Morgan fingerprint density at radius 1 is 1.24 bits per heavy atom. The van der Waals surface area contributed by atoms with Gasteiger partial charge in [0, 0.05) is 52.2 Å². The first-order valence-corrected chi connectivity index (χ1v) is 9.60. The number of aromatic nitrogens is 1. The van der Waals surface area contributed by atoms with Crippen molar-refractivity contribution in [2.24, 2.45) is 12.0 Å². The van der Waals surface area contributed by atoms with Gasteiger partial charge in [-0.3, -0.25) is 4.99 Å². The summed E-state index contributed by atoms with van der Waals surface area (Å²) < 4.78 is 2.16. The van der Waals surface area contributed by atoms with E-state index in [0.29, 0.717) is 0 Å². The van der Waals surface area contributed by atoms with Crippen molar-refractivity contribution in [2.75, 3.05) is 59.9 Å². The Balaban J connectivity index is 1.79. The molecule has 1 aliphatic rings. The Morgan fingerprint density at radius 2 is 2.08 bits per heavy atom. The second-order valence-corrected chi connectivity index (χ2v) is 7.05. The monoisotopic (exact) mass is 348 g/mol. The van der Waals surface area contributed by atoms with Crippen LogP contribution in [-0.2, 0) is 13.6 Å². The minimum atomic E-state index is 0.869. The first-order chi connectivity index (χ1) is 12.1. The summed E-state index contributed by atoms with van der Waals surface area (Å²) in [5, 5.41) is 3.41. The molecule has 6 heteroatoms. The molecule has 0 radical (unpaired) electrons. The van der Waals surface area contributed by atoms with E-state index in [1.165, 1.54) is 38.3 Å². The molecule has 1 aromatic heterocycles. The molecule has 1 aromatic rings. The smallest absolute Gasteiger partial charge is 0.194 e. The van der Waals surface area contributed by atoms with Gasteiger partial charge in [0.1, 0.15) is 0 Å². The van der Waals surface area contributed by atoms with Crippen molar-refractivity contribution < 1.29 is 0 Å². The Morgan fingerprint density at radius 3 is 2.80 bits per heavy atom. The van der Waals surface area contributed by atoms with Crippen LogP contribution in [0.1, 0.15) is 25.5 Å². The molecule has 0 bridgehead atoms. The van der Waals surface area contributed by atoms with Gasteiger partial charge in [0.05, 0.1) is 6.54 Å². The van der Waals surface area contributed by atoms with Crippen molar-refractivity contribution in [1.82, 2.24) is 24.6 Å². The minimum absolute atomic E-state index is 0.869. The molecule has 1 N–H and O–H groups in total. The second-order valence-electron chi connectivity index (χ2n) is 7.05. The summed E-state index contributed by atoms with van der Waals surface area (Å²) in [5.74, 6) is 0.999. The first kappa shape index (κ1) is 19.8. The van der Waals surface area contributed by atoms with Crippen LogP contribution in [0.4, 0.5) is 0 Å². The number of aryl methyl sites for hydroxylation is 1. The summed E-state index contributed by atoms with van der Waals surface area (Å²) in [6.07, 6.45) is 4.49. The normalized spacial score (nSPS) is 17.5. The lowest BCUT2D eigenvalue weighted by atomic mass is 10.3. The highest BCUT2D eigenvalue weighted by molar-refractivity contribution is 5.79. The molecule has 0 aromatic carbocycles. The third kappa shape index (κ3) is 6.71. The summed E-state index contributed by atoms with van der Waals surface area (Å²) in [4.78, 5) is 12.1. The van der Waals surface area contributed by atoms with E-state index < -0.39 is 0 Å². The molecule has 0 amide bonds. The van der Waals surface area contributed by atoms with Crippen molar-refractivity contribution in [3.05, 3.63) is 24.0 Å². The molecule has 25 heavy (non-hydrogen) atoms. The summed E-state index contributed by atoms with van der Waals surface area (Å²) in [7, 11) is 6.42. The molecule has 1 saturated heterocycles. The van der Waals surface area contributed by atoms with Gasteiger partial charge in [0.2, 0.25) is 0 Å². The molecule has 142 valence electrons. The van der Waals surface area contributed by atoms with Gasteiger partial charge in [-0.2, -0.15) is 0 Å². The van der Waals surface area contributed by atoms with E-state index in [2.05, 4.69) is 71.0 Å². The largest absolute Gasteiger partial charge is 0.357 e. The number of hydrogen-bond donors (Lipinski definition) is 1. The number of guanidine groups is 1. The fraction of sp³-hybridized carbons (Fsp3) is 0.737. The Bertz CT molecular complexity index is 524. The van der Waals surface area contributed by atoms with E-state index in [-0.39, 0.29) is 0 Å². The maximum Gasteiger partial charge on any atom is 0.194 e. The number of hydrogen-bond acceptors (Lipinski definition) is 3. The van der Waals surface area contributed by atoms with Crippen LogP contribution in [-0.4, -0.2) is 85.1 Å². The quantitative estimate of drug-likeness (QED) is 0.460. The van der Waals surface area contributed by atoms with Crippen LogP contribution in [0.3, 0.4) is 0 Å². The summed E-state index contributed by atoms with van der Waals surface area (Å²) in [5.41, 5.74) is 1.29. The van der Waals surface area contributed by atoms with Crippen molar-refractivity contribution in [3.63, 3.8) is 0 Å². The highest BCUT2D eigenvalue weighted by Gasteiger charge is 2.12. The standard InChI is InChI=1S/C19H36N6/c1-5-20-19(24(4)17-18-9-6-12-23(18)3)21-10-7-13-25-14-8-11-22(2)15-16-25/h6,9,12H,5,7-8,10-11,13-17H2,1-4H3,(H,20,21). The summed E-state index contributed by atoms with van der Waals surface area (Å²) in [6, 6.07) is 4.25. The van der Waals surface area contributed by atoms with Gasteiger partial charge in [-0.15, -0.1) is 0 Å². The van der Waals surface area contributed by atoms with Gasteiger partial charge in [0.25, 0.3) is 0 Å². The second kappa shape index (κ2) is 10.5. The first-order valence-electron chi connectivity index (χ1n) is 9.60. The van der Waals surface area contributed by atoms with E-state index in [1.54, 1.807) is 0 Å². The van der Waals surface area contributed by atoms with Gasteiger partial charge in [-0.1, -0.05) is 0 Å². The van der Waals surface area contributed by atoms with E-state index in [1.807, 2.05) is 0 Å². The fourth-order valence-corrected chi connectivity index (χ4v) is 3.25. The number of nitrogens with one attached hydrogen (secondary N) is 1. The lowest BCUT2D eigenvalue weighted by molar-refractivity contribution is 0.275.